The Morgan fingerprint density at radius 3 is 1.49 bits per heavy atom. The van der Waals surface area contributed by atoms with Crippen molar-refractivity contribution in [2.75, 3.05) is 47.2 Å². The number of amides is 8. The number of likely N-dealkylation sites (N-methyl/N-ethyl adjacent to an activating group) is 4. The largest absolute Gasteiger partial charge is 0.790 e. The summed E-state index contributed by atoms with van der Waals surface area (Å²) in [6, 6.07) is -9.32. The van der Waals surface area contributed by atoms with E-state index in [-0.39, 0.29) is 38.5 Å². The molecule has 0 aliphatic carbocycles. The van der Waals surface area contributed by atoms with Crippen molar-refractivity contribution >= 4 is 71.8 Å². The molecule has 1 aliphatic heterocycles. The zero-order valence-electron chi connectivity index (χ0n) is 31.4. The van der Waals surface area contributed by atoms with E-state index in [1.807, 2.05) is 0 Å². The molecule has 0 aromatic heterocycles. The first-order valence-electron chi connectivity index (χ1n) is 16.0. The van der Waals surface area contributed by atoms with E-state index in [9.17, 15) is 47.9 Å². The van der Waals surface area contributed by atoms with Crippen molar-refractivity contribution in [3.63, 3.8) is 0 Å². The molecule has 1 radical (unpaired) electrons. The summed E-state index contributed by atoms with van der Waals surface area (Å²) in [6.45, 7) is 6.90. The van der Waals surface area contributed by atoms with Gasteiger partial charge >= 0.3 is 11.9 Å². The summed E-state index contributed by atoms with van der Waals surface area (Å²) in [5.41, 5.74) is 0. The van der Waals surface area contributed by atoms with E-state index in [0.29, 0.717) is 0 Å². The van der Waals surface area contributed by atoms with E-state index < -0.39 is 115 Å². The second-order valence-electron chi connectivity index (χ2n) is 12.2. The van der Waals surface area contributed by atoms with Crippen molar-refractivity contribution in [2.45, 2.75) is 83.8 Å². The van der Waals surface area contributed by atoms with Crippen LogP contribution in [0.1, 0.15) is 41.5 Å². The van der Waals surface area contributed by atoms with Crippen LogP contribution in [0.4, 0.5) is 0 Å². The van der Waals surface area contributed by atoms with Gasteiger partial charge in [-0.15, -0.1) is 5.75 Å². The van der Waals surface area contributed by atoms with E-state index in [2.05, 4.69) is 21.3 Å². The maximum absolute atomic E-state index is 13.4. The van der Waals surface area contributed by atoms with Gasteiger partial charge in [-0.05, 0) is 34.7 Å². The first-order valence-corrected chi connectivity index (χ1v) is 16.6. The molecule has 53 heavy (non-hydrogen) atoms. The van der Waals surface area contributed by atoms with E-state index in [1.165, 1.54) is 55.9 Å². The molecule has 1 aliphatic rings. The summed E-state index contributed by atoms with van der Waals surface area (Å²) >= 11 is 5.13. The molecule has 0 aromatic carbocycles. The van der Waals surface area contributed by atoms with Crippen LogP contribution in [0.15, 0.2) is 0 Å². The Morgan fingerprint density at radius 1 is 0.698 bits per heavy atom. The van der Waals surface area contributed by atoms with Gasteiger partial charge in [-0.25, -0.2) is 16.1 Å². The molecule has 0 aromatic rings. The molecule has 1 saturated heterocycles. The van der Waals surface area contributed by atoms with Crippen molar-refractivity contribution in [3.05, 3.63) is 6.54 Å². The molecule has 0 saturated carbocycles. The monoisotopic (exact) mass is 845 g/mol. The molecule has 22 heteroatoms. The first-order chi connectivity index (χ1) is 24.0. The number of esters is 2. The Hall–Kier alpha value is -3.98. The van der Waals surface area contributed by atoms with Crippen LogP contribution in [-0.4, -0.2) is 168 Å². The van der Waals surface area contributed by atoms with Crippen LogP contribution in [0.25, 0.3) is 0 Å². The standard InChI is InChI=1S/C31H49N8O12S.Y/c1-15-27(45)36(7)11-24(42)37(8)17(3)30(48)50-12-22(35-20(6)41)26(44)33-16(2)28(46)39(10)23(14-52)29(47)38(9)18(4)31(49)51-13-21(25(43)32-15)34-19(5)40;/h11,15-18,21-23,52H,12-14H2,1-10H3,(H,32,43)(H,33,44)(H,34,40)(H,35,41);/q-1;/p-1/t15-,16-,17-,18-,21+,22+,23-;/m0./s1. The third-order valence-corrected chi connectivity index (χ3v) is 8.40. The molecule has 0 spiro atoms. The van der Waals surface area contributed by atoms with Crippen LogP contribution >= 0.6 is 0 Å². The maximum Gasteiger partial charge on any atom is 0.328 e. The second-order valence-corrected chi connectivity index (χ2v) is 12.5. The number of hydrogen-bond acceptors (Lipinski definition) is 13. The molecule has 1 heterocycles. The fraction of sp³-hybridized carbons (Fsp3) is 0.645. The molecular weight excluding hydrogens is 797 g/mol. The normalized spacial score (nSPS) is 27.0. The van der Waals surface area contributed by atoms with Gasteiger partial charge in [-0.3, -0.25) is 33.6 Å². The Bertz CT molecular complexity index is 1420. The molecule has 0 unspecified atom stereocenters. The predicted octanol–water partition coefficient (Wildman–Crippen LogP) is -4.21. The molecule has 7 atom stereocenters. The van der Waals surface area contributed by atoms with Gasteiger partial charge in [0, 0.05) is 67.7 Å². The Balaban J connectivity index is 0.0000270. The smallest absolute Gasteiger partial charge is 0.328 e. The van der Waals surface area contributed by atoms with Crippen LogP contribution in [0.5, 0.6) is 0 Å². The number of hydrogen-bond donors (Lipinski definition) is 4. The van der Waals surface area contributed by atoms with Gasteiger partial charge in [0.25, 0.3) is 0 Å². The Morgan fingerprint density at radius 2 is 1.09 bits per heavy atom. The van der Waals surface area contributed by atoms with E-state index in [0.717, 1.165) is 40.0 Å². The molecule has 1 rings (SSSR count). The van der Waals surface area contributed by atoms with Crippen molar-refractivity contribution in [2.24, 2.45) is 0 Å². The zero-order valence-corrected chi connectivity index (χ0v) is 35.1. The van der Waals surface area contributed by atoms with Crippen molar-refractivity contribution < 1.29 is 90.1 Å². The Labute approximate surface area is 338 Å². The van der Waals surface area contributed by atoms with Crippen LogP contribution in [-0.2, 0) is 103 Å². The molecule has 8 amide bonds. The zero-order chi connectivity index (χ0) is 40.2. The molecule has 0 bridgehead atoms. The van der Waals surface area contributed by atoms with Gasteiger partial charge in [0.1, 0.15) is 55.4 Å². The average molecular weight is 846 g/mol. The molecular formula is C31H48N8O12SY-2. The molecule has 4 N–H and O–H groups in total. The summed E-state index contributed by atoms with van der Waals surface area (Å²) in [4.78, 5) is 132. The molecule has 295 valence electrons. The number of cyclic esters (lactones) is 2. The summed E-state index contributed by atoms with van der Waals surface area (Å²) in [7, 11) is 4.97. The summed E-state index contributed by atoms with van der Waals surface area (Å²) in [6.07, 6.45) is 0. The number of rotatable bonds is 3. The SMILES string of the molecule is CC(=O)N[C@@H]1COC(=O)[C@H](C)N(C)C(=O)[C@H](C[S-])N(C)C(=O)[C@H](C)NC(=O)[C@H](NC(C)=O)COC(=O)[C@H](C)N(C)C(=O)[CH-]N(C)C(=O)[C@H](C)NC1=O.[Y]. The minimum atomic E-state index is -1.47. The molecule has 20 nitrogen and oxygen atoms in total. The van der Waals surface area contributed by atoms with Gasteiger partial charge in [0.2, 0.25) is 41.4 Å². The number of ether oxygens (including phenoxy) is 2. The molecule has 1 fully saturated rings. The topological polar surface area (TPSA) is 250 Å². The van der Waals surface area contributed by atoms with E-state index in [4.69, 9.17) is 22.1 Å². The third kappa shape index (κ3) is 14.4. The number of nitrogens with one attached hydrogen (secondary N) is 4. The maximum atomic E-state index is 13.4. The first kappa shape index (κ1) is 49.0. The van der Waals surface area contributed by atoms with Crippen LogP contribution in [0.2, 0.25) is 0 Å². The van der Waals surface area contributed by atoms with Gasteiger partial charge < -0.3 is 67.8 Å². The Kier molecular flexibility index (Phi) is 20.6. The third-order valence-electron chi connectivity index (χ3n) is 8.08. The minimum Gasteiger partial charge on any atom is -0.790 e. The summed E-state index contributed by atoms with van der Waals surface area (Å²) < 4.78 is 10.5. The van der Waals surface area contributed by atoms with Crippen molar-refractivity contribution in [1.29, 1.82) is 0 Å². The van der Waals surface area contributed by atoms with Crippen molar-refractivity contribution in [3.8, 4) is 0 Å². The van der Waals surface area contributed by atoms with Crippen LogP contribution < -0.4 is 21.3 Å². The fourth-order valence-corrected chi connectivity index (χ4v) is 4.91. The predicted molar refractivity (Wildman–Crippen MR) is 183 cm³/mol. The van der Waals surface area contributed by atoms with Crippen LogP contribution in [0, 0.1) is 6.54 Å². The number of nitrogens with zero attached hydrogens (tertiary/aromatic N) is 4. The van der Waals surface area contributed by atoms with Crippen LogP contribution in [0.3, 0.4) is 0 Å². The number of carbonyl (C=O) groups excluding carboxylic acids is 10. The van der Waals surface area contributed by atoms with Gasteiger partial charge in [0.05, 0.1) is 6.04 Å². The minimum absolute atomic E-state index is 0. The summed E-state index contributed by atoms with van der Waals surface area (Å²) in [5.74, 6) is -8.60. The fourth-order valence-electron chi connectivity index (χ4n) is 4.55. The van der Waals surface area contributed by atoms with Gasteiger partial charge in [-0.2, -0.15) is 0 Å². The van der Waals surface area contributed by atoms with E-state index >= 15 is 0 Å². The van der Waals surface area contributed by atoms with E-state index in [1.54, 1.807) is 0 Å². The van der Waals surface area contributed by atoms with Gasteiger partial charge in [-0.1, -0.05) is 0 Å². The van der Waals surface area contributed by atoms with Crippen molar-refractivity contribution in [1.82, 2.24) is 40.9 Å². The quantitative estimate of drug-likeness (QED) is 0.120. The second kappa shape index (κ2) is 22.3. The average Bonchev–Trinajstić information content (AvgIpc) is 3.08. The summed E-state index contributed by atoms with van der Waals surface area (Å²) in [5, 5.41) is 9.41. The van der Waals surface area contributed by atoms with Gasteiger partial charge in [0.15, 0.2) is 0 Å². The number of carbonyl (C=O) groups is 10.